The zero-order valence-electron chi connectivity index (χ0n) is 50.6. The molecule has 0 aliphatic rings. The van der Waals surface area contributed by atoms with E-state index in [1.165, 1.54) is 0 Å². The molecule has 0 saturated heterocycles. The van der Waals surface area contributed by atoms with Gasteiger partial charge >= 0.3 is 0 Å². The molecule has 0 aliphatic carbocycles. The minimum atomic E-state index is 0. The number of hydrogen-bond acceptors (Lipinski definition) is 1. The molecule has 0 atom stereocenters. The Morgan fingerprint density at radius 1 is 0.152 bits per heavy atom. The van der Waals surface area contributed by atoms with Crippen molar-refractivity contribution in [3.63, 3.8) is 0 Å². The summed E-state index contributed by atoms with van der Waals surface area (Å²) < 4.78 is 4.25. The minimum Gasteiger partial charge on any atom is -0.388 e. The van der Waals surface area contributed by atoms with Crippen LogP contribution >= 0.6 is 0 Å². The van der Waals surface area contributed by atoms with E-state index in [2.05, 4.69) is 171 Å². The summed E-state index contributed by atoms with van der Waals surface area (Å²) in [7, 11) is 3.25. The Morgan fingerprint density at radius 3 is 0.152 bits per heavy atom. The van der Waals surface area contributed by atoms with Gasteiger partial charge in [0.25, 0.3) is 0 Å². The fraction of sp³-hybridized carbons (Fsp3) is 1.00. The number of methoxy groups -OCH3 is 1. The van der Waals surface area contributed by atoms with Crippen LogP contribution in [0.5, 0.6) is 0 Å². The molecule has 2 radical (unpaired) electrons. The van der Waals surface area contributed by atoms with Gasteiger partial charge in [0.2, 0.25) is 0 Å². The number of rotatable bonds is 0. The van der Waals surface area contributed by atoms with Crippen LogP contribution in [0.25, 0.3) is 0 Å². The van der Waals surface area contributed by atoms with Crippen molar-refractivity contribution in [3.8, 4) is 0 Å². The van der Waals surface area contributed by atoms with Gasteiger partial charge < -0.3 is 4.74 Å². The van der Waals surface area contributed by atoms with Crippen molar-refractivity contribution in [2.45, 2.75) is 386 Å². The predicted molar refractivity (Wildman–Crippen MR) is 351 cm³/mol. The summed E-state index contributed by atoms with van der Waals surface area (Å²) in [5.41, 5.74) is 3.00. The molecule has 0 aliphatic heterocycles. The number of ether oxygens (including phenoxy) is 1. The van der Waals surface area contributed by atoms with Crippen molar-refractivity contribution in [1.82, 2.24) is 0 Å². The summed E-state index contributed by atoms with van der Waals surface area (Å²) in [5, 5.41) is 0. The summed E-state index contributed by atoms with van der Waals surface area (Å²) >= 11 is 0. The zero-order valence-corrected chi connectivity index (χ0v) is 56.2. The van der Waals surface area contributed by atoms with Crippen LogP contribution in [0.15, 0.2) is 0 Å². The van der Waals surface area contributed by atoms with E-state index < -0.39 is 0 Å². The molecule has 0 heterocycles. The first kappa shape index (κ1) is 211. The minimum absolute atomic E-state index is 0. The molecule has 1 nitrogen and oxygen atoms in total. The SMILES string of the molecule is C.C.C.C.C.C.C.C.C.C.C.CC.CC.CC.CC.CC.CC.CC.CC.CC.CC.CC(C)(C)C.CC(C)(C)C.CC(C)(C)C.CC(C)(C)C.CC(C)(C)C.CC(C)(C)C.COC.[Y].[Y]. The van der Waals surface area contributed by atoms with Crippen LogP contribution in [0.1, 0.15) is 386 Å². The zero-order chi connectivity index (χ0) is 49.7. The Hall–Kier alpha value is 2.17. The van der Waals surface area contributed by atoms with Gasteiger partial charge in [-0.2, -0.15) is 0 Å². The van der Waals surface area contributed by atoms with E-state index in [9.17, 15) is 0 Å². The Labute approximate surface area is 498 Å². The van der Waals surface area contributed by atoms with Crippen LogP contribution in [0, 0.1) is 32.5 Å². The molecular formula is C63H182OY2. The van der Waals surface area contributed by atoms with Gasteiger partial charge in [-0.3, -0.25) is 0 Å². The quantitative estimate of drug-likeness (QED) is 0.235. The number of hydrogen-bond donors (Lipinski definition) is 0. The van der Waals surface area contributed by atoms with Gasteiger partial charge in [0.1, 0.15) is 0 Å². The second kappa shape index (κ2) is 192. The smallest absolute Gasteiger partial charge is 0.0351 e. The first-order chi connectivity index (χ1) is 23.4. The molecule has 0 N–H and O–H groups in total. The summed E-state index contributed by atoms with van der Waals surface area (Å²) in [6, 6.07) is 0. The first-order valence-electron chi connectivity index (χ1n) is 22.8. The topological polar surface area (TPSA) is 9.23 Å². The molecule has 0 aromatic heterocycles. The van der Waals surface area contributed by atoms with Crippen molar-refractivity contribution < 1.29 is 70.2 Å². The van der Waals surface area contributed by atoms with Crippen molar-refractivity contribution in [2.75, 3.05) is 14.2 Å². The largest absolute Gasteiger partial charge is 0.388 e. The predicted octanol–water partition coefficient (Wildman–Crippen LogP) is 29.8. The van der Waals surface area contributed by atoms with Crippen molar-refractivity contribution >= 4 is 0 Å². The molecule has 0 spiro atoms. The molecule has 0 unspecified atom stereocenters. The van der Waals surface area contributed by atoms with Gasteiger partial charge in [0, 0.05) is 79.6 Å². The maximum Gasteiger partial charge on any atom is 0.0351 e. The molecular weight excluding hydrogens is 951 g/mol. The van der Waals surface area contributed by atoms with Crippen LogP contribution in [0.4, 0.5) is 0 Å². The van der Waals surface area contributed by atoms with E-state index >= 15 is 0 Å². The third-order valence-corrected chi connectivity index (χ3v) is 0. The van der Waals surface area contributed by atoms with Crippen molar-refractivity contribution in [3.05, 3.63) is 0 Å². The van der Waals surface area contributed by atoms with Crippen LogP contribution < -0.4 is 0 Å². The van der Waals surface area contributed by atoms with E-state index in [1.807, 2.05) is 138 Å². The molecule has 0 saturated carbocycles. The second-order valence-electron chi connectivity index (χ2n) is 18.4. The van der Waals surface area contributed by atoms with E-state index in [1.54, 1.807) is 14.2 Å². The first-order valence-corrected chi connectivity index (χ1v) is 22.8. The molecule has 0 rings (SSSR count). The molecule has 0 aromatic carbocycles. The fourth-order valence-electron chi connectivity index (χ4n) is 0. The monoisotopic (exact) mass is 1130 g/mol. The maximum absolute atomic E-state index is 4.25. The van der Waals surface area contributed by atoms with Crippen molar-refractivity contribution in [1.29, 1.82) is 0 Å². The molecule has 3 heteroatoms. The maximum atomic E-state index is 4.25. The molecule has 446 valence electrons. The summed E-state index contributed by atoms with van der Waals surface area (Å²) in [5.74, 6) is 0. The van der Waals surface area contributed by atoms with Crippen molar-refractivity contribution in [2.24, 2.45) is 32.5 Å². The third kappa shape index (κ3) is 59800. The molecule has 0 amide bonds. The average Bonchev–Trinajstić information content (AvgIpc) is 2.99. The van der Waals surface area contributed by atoms with Gasteiger partial charge in [-0.25, -0.2) is 0 Å². The standard InChI is InChI=1S/6C5H12.C2H6O.10C2H6.11CH4.2Y/c6*1-5(2,3)4;1-3-2;10*1-2;;;;;;;;;;;;;/h6*1-4H3;1-2H3;10*1-2H3;11*1H4;;. The van der Waals surface area contributed by atoms with Gasteiger partial charge in [0.15, 0.2) is 0 Å². The molecule has 0 bridgehead atoms. The van der Waals surface area contributed by atoms with Crippen LogP contribution in [-0.4, -0.2) is 14.2 Å². The van der Waals surface area contributed by atoms with Gasteiger partial charge in [-0.15, -0.1) is 0 Å². The van der Waals surface area contributed by atoms with E-state index in [-0.39, 0.29) is 147 Å². The summed E-state index contributed by atoms with van der Waals surface area (Å²) in [6.45, 7) is 92.5. The molecule has 0 aromatic rings. The van der Waals surface area contributed by atoms with Gasteiger partial charge in [-0.1, -0.05) is 386 Å². The summed E-state index contributed by atoms with van der Waals surface area (Å²) in [6.07, 6.45) is 0. The fourth-order valence-corrected chi connectivity index (χ4v) is 0. The van der Waals surface area contributed by atoms with Crippen LogP contribution in [0.3, 0.4) is 0 Å². The second-order valence-corrected chi connectivity index (χ2v) is 18.4. The van der Waals surface area contributed by atoms with E-state index in [0.717, 1.165) is 0 Å². The van der Waals surface area contributed by atoms with Crippen LogP contribution in [0.2, 0.25) is 0 Å². The van der Waals surface area contributed by atoms with E-state index in [0.29, 0.717) is 32.5 Å². The Morgan fingerprint density at radius 2 is 0.152 bits per heavy atom. The average molecular weight is 1130 g/mol. The Balaban J connectivity index is -0.00000000748. The molecule has 66 heavy (non-hydrogen) atoms. The normalized spacial score (nSPS) is 6.64. The van der Waals surface area contributed by atoms with E-state index in [4.69, 9.17) is 0 Å². The Bertz CT molecular complexity index is 220. The van der Waals surface area contributed by atoms with Gasteiger partial charge in [-0.05, 0) is 32.5 Å². The van der Waals surface area contributed by atoms with Gasteiger partial charge in [0.05, 0.1) is 0 Å². The Kier molecular flexibility index (Phi) is 613. The van der Waals surface area contributed by atoms with Crippen LogP contribution in [-0.2, 0) is 70.2 Å². The summed E-state index contributed by atoms with van der Waals surface area (Å²) in [4.78, 5) is 0. The molecule has 0 fully saturated rings. The third-order valence-electron chi connectivity index (χ3n) is 0.